The Morgan fingerprint density at radius 1 is 1.39 bits per heavy atom. The fraction of sp³-hybridized carbons (Fsp3) is 0.538. The molecular formula is C13H18N4S. The van der Waals surface area contributed by atoms with Gasteiger partial charge in [-0.1, -0.05) is 12.2 Å². The Kier molecular flexibility index (Phi) is 3.18. The van der Waals surface area contributed by atoms with Crippen molar-refractivity contribution in [3.05, 3.63) is 24.0 Å². The molecule has 1 saturated carbocycles. The molecule has 1 aliphatic carbocycles. The molecule has 18 heavy (non-hydrogen) atoms. The topological polar surface area (TPSA) is 54.2 Å². The number of nitrogens with one attached hydrogen (secondary N) is 1. The molecule has 3 rings (SSSR count). The van der Waals surface area contributed by atoms with Gasteiger partial charge in [0.05, 0.1) is 17.6 Å². The first-order valence-corrected chi connectivity index (χ1v) is 6.89. The second-order valence-corrected chi connectivity index (χ2v) is 5.59. The van der Waals surface area contributed by atoms with Crippen LogP contribution in [0.3, 0.4) is 0 Å². The maximum absolute atomic E-state index is 5.53. The van der Waals surface area contributed by atoms with Gasteiger partial charge in [-0.05, 0) is 31.4 Å². The van der Waals surface area contributed by atoms with E-state index in [1.165, 1.54) is 25.8 Å². The largest absolute Gasteiger partial charge is 0.388 e. The lowest BCUT2D eigenvalue weighted by molar-refractivity contribution is 0.326. The van der Waals surface area contributed by atoms with Gasteiger partial charge in [0.2, 0.25) is 0 Å². The summed E-state index contributed by atoms with van der Waals surface area (Å²) in [6.45, 7) is 2.38. The van der Waals surface area contributed by atoms with E-state index in [4.69, 9.17) is 18.0 Å². The Morgan fingerprint density at radius 3 is 2.83 bits per heavy atom. The molecule has 1 aliphatic heterocycles. The second-order valence-electron chi connectivity index (χ2n) is 5.15. The lowest BCUT2D eigenvalue weighted by Gasteiger charge is -2.16. The summed E-state index contributed by atoms with van der Waals surface area (Å²) in [6.07, 6.45) is 5.80. The van der Waals surface area contributed by atoms with Crippen molar-refractivity contribution < 1.29 is 0 Å². The smallest absolute Gasteiger partial charge is 0.122 e. The van der Waals surface area contributed by atoms with Gasteiger partial charge in [0.1, 0.15) is 4.99 Å². The minimum absolute atomic E-state index is 0.349. The number of hydrogen-bond donors (Lipinski definition) is 2. The van der Waals surface area contributed by atoms with Gasteiger partial charge < -0.3 is 11.1 Å². The number of likely N-dealkylation sites (tertiary alicyclic amines) is 1. The third kappa shape index (κ3) is 2.62. The molecular weight excluding hydrogens is 244 g/mol. The van der Waals surface area contributed by atoms with Crippen molar-refractivity contribution in [2.45, 2.75) is 31.3 Å². The maximum Gasteiger partial charge on any atom is 0.122 e. The van der Waals surface area contributed by atoms with Crippen LogP contribution in [0.5, 0.6) is 0 Å². The predicted octanol–water partition coefficient (Wildman–Crippen LogP) is 1.36. The van der Waals surface area contributed by atoms with Crippen LogP contribution in [0.15, 0.2) is 18.3 Å². The third-order valence-corrected chi connectivity index (χ3v) is 3.88. The summed E-state index contributed by atoms with van der Waals surface area (Å²) >= 11 is 4.89. The van der Waals surface area contributed by atoms with E-state index >= 15 is 0 Å². The summed E-state index contributed by atoms with van der Waals surface area (Å²) in [7, 11) is 0. The summed E-state index contributed by atoms with van der Waals surface area (Å²) in [4.78, 5) is 7.19. The Bertz CT molecular complexity index is 441. The highest BCUT2D eigenvalue weighted by atomic mass is 32.1. The number of nitrogens with zero attached hydrogens (tertiary/aromatic N) is 2. The fourth-order valence-electron chi connectivity index (χ4n) is 2.54. The van der Waals surface area contributed by atoms with Gasteiger partial charge in [0.25, 0.3) is 0 Å². The van der Waals surface area contributed by atoms with Crippen LogP contribution in [-0.4, -0.2) is 40.0 Å². The first-order valence-electron chi connectivity index (χ1n) is 6.49. The number of aromatic nitrogens is 1. The Hall–Kier alpha value is -1.20. The maximum atomic E-state index is 5.53. The van der Waals surface area contributed by atoms with E-state index in [1.54, 1.807) is 0 Å². The molecule has 2 aliphatic rings. The van der Waals surface area contributed by atoms with Gasteiger partial charge in [-0.15, -0.1) is 0 Å². The lowest BCUT2D eigenvalue weighted by atomic mass is 10.2. The van der Waals surface area contributed by atoms with E-state index in [0.29, 0.717) is 16.7 Å². The minimum Gasteiger partial charge on any atom is -0.388 e. The van der Waals surface area contributed by atoms with E-state index in [9.17, 15) is 0 Å². The molecule has 0 radical (unpaired) electrons. The molecule has 0 spiro atoms. The molecule has 1 aromatic heterocycles. The van der Waals surface area contributed by atoms with E-state index in [-0.39, 0.29) is 0 Å². The van der Waals surface area contributed by atoms with Crippen molar-refractivity contribution in [1.29, 1.82) is 0 Å². The summed E-state index contributed by atoms with van der Waals surface area (Å²) in [5, 5.41) is 3.53. The monoisotopic (exact) mass is 262 g/mol. The van der Waals surface area contributed by atoms with Gasteiger partial charge in [-0.25, -0.2) is 0 Å². The van der Waals surface area contributed by atoms with Crippen LogP contribution in [0.4, 0.5) is 5.69 Å². The zero-order valence-electron chi connectivity index (χ0n) is 10.3. The van der Waals surface area contributed by atoms with Crippen LogP contribution in [0, 0.1) is 0 Å². The SMILES string of the molecule is NC(=S)c1ccc(NC2CCN(C3CC3)C2)cn1. The normalized spacial score (nSPS) is 24.1. The summed E-state index contributed by atoms with van der Waals surface area (Å²) < 4.78 is 0. The number of hydrogen-bond acceptors (Lipinski definition) is 4. The standard InChI is InChI=1S/C13H18N4S/c14-13(18)12-4-1-9(7-15-12)16-10-5-6-17(8-10)11-2-3-11/h1,4,7,10-11,16H,2-3,5-6,8H2,(H2,14,18). The fourth-order valence-corrected chi connectivity index (χ4v) is 2.66. The average Bonchev–Trinajstić information content (AvgIpc) is 3.11. The summed E-state index contributed by atoms with van der Waals surface area (Å²) in [6, 6.07) is 5.29. The average molecular weight is 262 g/mol. The Balaban J connectivity index is 1.57. The van der Waals surface area contributed by atoms with E-state index in [0.717, 1.165) is 18.3 Å². The molecule has 0 aromatic carbocycles. The first-order chi connectivity index (χ1) is 8.72. The van der Waals surface area contributed by atoms with Crippen molar-refractivity contribution in [1.82, 2.24) is 9.88 Å². The molecule has 2 heterocycles. The molecule has 96 valence electrons. The summed E-state index contributed by atoms with van der Waals surface area (Å²) in [5.74, 6) is 0. The molecule has 5 heteroatoms. The van der Waals surface area contributed by atoms with Gasteiger partial charge in [-0.3, -0.25) is 9.88 Å². The zero-order chi connectivity index (χ0) is 12.5. The molecule has 0 amide bonds. The number of pyridine rings is 1. The zero-order valence-corrected chi connectivity index (χ0v) is 11.1. The summed E-state index contributed by atoms with van der Waals surface area (Å²) in [5.41, 5.74) is 7.26. The minimum atomic E-state index is 0.349. The third-order valence-electron chi connectivity index (χ3n) is 3.67. The predicted molar refractivity (Wildman–Crippen MR) is 76.7 cm³/mol. The van der Waals surface area contributed by atoms with E-state index in [2.05, 4.69) is 15.2 Å². The lowest BCUT2D eigenvalue weighted by Crippen LogP contribution is -2.27. The van der Waals surface area contributed by atoms with Crippen molar-refractivity contribution in [3.63, 3.8) is 0 Å². The van der Waals surface area contributed by atoms with Gasteiger partial charge in [0.15, 0.2) is 0 Å². The number of rotatable bonds is 4. The molecule has 1 atom stereocenters. The molecule has 0 bridgehead atoms. The highest BCUT2D eigenvalue weighted by molar-refractivity contribution is 7.80. The number of thiocarbonyl (C=S) groups is 1. The second kappa shape index (κ2) is 4.82. The number of nitrogens with two attached hydrogens (primary N) is 1. The molecule has 2 fully saturated rings. The van der Waals surface area contributed by atoms with Crippen LogP contribution >= 0.6 is 12.2 Å². The highest BCUT2D eigenvalue weighted by Gasteiger charge is 2.34. The Morgan fingerprint density at radius 2 is 2.22 bits per heavy atom. The highest BCUT2D eigenvalue weighted by Crippen LogP contribution is 2.30. The van der Waals surface area contributed by atoms with Crippen LogP contribution in [-0.2, 0) is 0 Å². The molecule has 1 unspecified atom stereocenters. The van der Waals surface area contributed by atoms with Gasteiger partial charge in [-0.2, -0.15) is 0 Å². The van der Waals surface area contributed by atoms with Crippen LogP contribution in [0.1, 0.15) is 25.0 Å². The van der Waals surface area contributed by atoms with Gasteiger partial charge >= 0.3 is 0 Å². The van der Waals surface area contributed by atoms with Gasteiger partial charge in [0, 0.05) is 25.2 Å². The molecule has 3 N–H and O–H groups in total. The van der Waals surface area contributed by atoms with Crippen LogP contribution < -0.4 is 11.1 Å². The quantitative estimate of drug-likeness (QED) is 0.803. The van der Waals surface area contributed by atoms with E-state index < -0.39 is 0 Å². The Labute approximate surface area is 113 Å². The number of anilines is 1. The van der Waals surface area contributed by atoms with Crippen LogP contribution in [0.25, 0.3) is 0 Å². The molecule has 1 saturated heterocycles. The van der Waals surface area contributed by atoms with Crippen molar-refractivity contribution in [2.75, 3.05) is 18.4 Å². The van der Waals surface area contributed by atoms with Crippen LogP contribution in [0.2, 0.25) is 0 Å². The molecule has 1 aromatic rings. The molecule has 4 nitrogen and oxygen atoms in total. The van der Waals surface area contributed by atoms with E-state index in [1.807, 2.05) is 18.3 Å². The van der Waals surface area contributed by atoms with Crippen molar-refractivity contribution in [2.24, 2.45) is 5.73 Å². The first kappa shape index (κ1) is 11.9. The van der Waals surface area contributed by atoms with Crippen molar-refractivity contribution >= 4 is 22.9 Å². The van der Waals surface area contributed by atoms with Crippen molar-refractivity contribution in [3.8, 4) is 0 Å².